The quantitative estimate of drug-likeness (QED) is 0.814. The first-order chi connectivity index (χ1) is 9.14. The Kier molecular flexibility index (Phi) is 5.15. The van der Waals surface area contributed by atoms with Gasteiger partial charge in [0.1, 0.15) is 5.15 Å². The van der Waals surface area contributed by atoms with E-state index in [0.717, 1.165) is 0 Å². The highest BCUT2D eigenvalue weighted by molar-refractivity contribution is 7.92. The van der Waals surface area contributed by atoms with Gasteiger partial charge >= 0.3 is 0 Å². The Morgan fingerprint density at radius 1 is 1.45 bits per heavy atom. The predicted molar refractivity (Wildman–Crippen MR) is 78.1 cm³/mol. The van der Waals surface area contributed by atoms with Gasteiger partial charge in [-0.25, -0.2) is 13.4 Å². The maximum absolute atomic E-state index is 12.7. The molecule has 0 radical (unpaired) electrons. The standard InChI is InChI=1S/C13H19ClN2O3S/c1-4-5-10(13(2,3)12(15)17)20(18,19)9-6-7-11(14)16-8-9/h6-8,10H,4-5H2,1-3H3,(H2,15,17). The molecule has 7 heteroatoms. The molecule has 0 aliphatic heterocycles. The number of carbonyl (C=O) groups is 1. The average Bonchev–Trinajstić information content (AvgIpc) is 2.35. The second-order valence-electron chi connectivity index (χ2n) is 5.22. The molecular formula is C13H19ClN2O3S. The number of carbonyl (C=O) groups excluding carboxylic acids is 1. The summed E-state index contributed by atoms with van der Waals surface area (Å²) in [5.74, 6) is -0.638. The van der Waals surface area contributed by atoms with Crippen molar-refractivity contribution < 1.29 is 13.2 Å². The summed E-state index contributed by atoms with van der Waals surface area (Å²) in [7, 11) is -3.70. The second-order valence-corrected chi connectivity index (χ2v) is 7.74. The van der Waals surface area contributed by atoms with Gasteiger partial charge in [-0.3, -0.25) is 4.79 Å². The number of primary amides is 1. The molecule has 112 valence electrons. The van der Waals surface area contributed by atoms with Crippen LogP contribution >= 0.6 is 11.6 Å². The largest absolute Gasteiger partial charge is 0.369 e. The van der Waals surface area contributed by atoms with Crippen LogP contribution in [0.5, 0.6) is 0 Å². The fourth-order valence-electron chi connectivity index (χ4n) is 2.02. The molecule has 5 nitrogen and oxygen atoms in total. The molecule has 0 bridgehead atoms. The van der Waals surface area contributed by atoms with Crippen LogP contribution in [0.1, 0.15) is 33.6 Å². The molecule has 1 unspecified atom stereocenters. The molecule has 1 heterocycles. The summed E-state index contributed by atoms with van der Waals surface area (Å²) in [6, 6.07) is 2.80. The highest BCUT2D eigenvalue weighted by Gasteiger charge is 2.43. The van der Waals surface area contributed by atoms with Crippen molar-refractivity contribution in [2.75, 3.05) is 0 Å². The lowest BCUT2D eigenvalue weighted by molar-refractivity contribution is -0.126. The number of hydrogen-bond donors (Lipinski definition) is 1. The van der Waals surface area contributed by atoms with E-state index in [1.54, 1.807) is 13.8 Å². The first-order valence-corrected chi connectivity index (χ1v) is 8.21. The second kappa shape index (κ2) is 6.10. The lowest BCUT2D eigenvalue weighted by atomic mass is 9.86. The van der Waals surface area contributed by atoms with Gasteiger partial charge in [-0.2, -0.15) is 0 Å². The van der Waals surface area contributed by atoms with Crippen LogP contribution in [0.3, 0.4) is 0 Å². The van der Waals surface area contributed by atoms with Gasteiger partial charge in [0.15, 0.2) is 9.84 Å². The smallest absolute Gasteiger partial charge is 0.224 e. The predicted octanol–water partition coefficient (Wildman–Crippen LogP) is 2.19. The van der Waals surface area contributed by atoms with E-state index in [0.29, 0.717) is 12.8 Å². The van der Waals surface area contributed by atoms with E-state index in [1.807, 2.05) is 6.92 Å². The van der Waals surface area contributed by atoms with Crippen LogP contribution in [0.15, 0.2) is 23.2 Å². The molecule has 1 aromatic rings. The third-order valence-corrected chi connectivity index (χ3v) is 6.09. The maximum atomic E-state index is 12.7. The number of pyridine rings is 1. The van der Waals surface area contributed by atoms with E-state index in [1.165, 1.54) is 18.3 Å². The van der Waals surface area contributed by atoms with E-state index < -0.39 is 26.4 Å². The van der Waals surface area contributed by atoms with Crippen molar-refractivity contribution in [3.8, 4) is 0 Å². The first kappa shape index (κ1) is 16.9. The fourth-order valence-corrected chi connectivity index (χ4v) is 4.36. The summed E-state index contributed by atoms with van der Waals surface area (Å²) in [5.41, 5.74) is 4.20. The summed E-state index contributed by atoms with van der Waals surface area (Å²) in [6.45, 7) is 4.97. The first-order valence-electron chi connectivity index (χ1n) is 6.29. The van der Waals surface area contributed by atoms with Crippen molar-refractivity contribution in [3.05, 3.63) is 23.5 Å². The molecule has 0 saturated heterocycles. The molecular weight excluding hydrogens is 300 g/mol. The van der Waals surface area contributed by atoms with Crippen molar-refractivity contribution in [1.29, 1.82) is 0 Å². The van der Waals surface area contributed by atoms with Gasteiger partial charge in [0.05, 0.1) is 15.6 Å². The lowest BCUT2D eigenvalue weighted by Gasteiger charge is -2.30. The number of halogens is 1. The minimum Gasteiger partial charge on any atom is -0.369 e. The van der Waals surface area contributed by atoms with Gasteiger partial charge in [-0.05, 0) is 32.4 Å². The van der Waals surface area contributed by atoms with Gasteiger partial charge in [0.25, 0.3) is 0 Å². The topological polar surface area (TPSA) is 90.1 Å². The number of nitrogens with zero attached hydrogens (tertiary/aromatic N) is 1. The number of amides is 1. The Hall–Kier alpha value is -1.14. The normalized spacial score (nSPS) is 14.0. The Morgan fingerprint density at radius 3 is 2.45 bits per heavy atom. The molecule has 2 N–H and O–H groups in total. The number of aromatic nitrogens is 1. The van der Waals surface area contributed by atoms with Gasteiger partial charge in [-0.1, -0.05) is 24.9 Å². The Balaban J connectivity index is 3.33. The average molecular weight is 319 g/mol. The van der Waals surface area contributed by atoms with Crippen molar-refractivity contribution in [2.24, 2.45) is 11.1 Å². The molecule has 1 rings (SSSR count). The number of sulfone groups is 1. The number of rotatable bonds is 6. The van der Waals surface area contributed by atoms with Gasteiger partial charge < -0.3 is 5.73 Å². The summed E-state index contributed by atoms with van der Waals surface area (Å²) >= 11 is 5.66. The minimum atomic E-state index is -3.70. The SMILES string of the molecule is CCCC(C(C)(C)C(N)=O)S(=O)(=O)c1ccc(Cl)nc1. The summed E-state index contributed by atoms with van der Waals surface area (Å²) in [6.07, 6.45) is 2.18. The molecule has 0 aliphatic rings. The Bertz CT molecular complexity index is 582. The van der Waals surface area contributed by atoms with E-state index in [2.05, 4.69) is 4.98 Å². The Morgan fingerprint density at radius 2 is 2.05 bits per heavy atom. The zero-order valence-corrected chi connectivity index (χ0v) is 13.3. The summed E-state index contributed by atoms with van der Waals surface area (Å²) < 4.78 is 25.4. The van der Waals surface area contributed by atoms with Crippen LogP contribution in [-0.4, -0.2) is 24.6 Å². The van der Waals surface area contributed by atoms with Crippen LogP contribution in [0, 0.1) is 5.41 Å². The third-order valence-electron chi connectivity index (χ3n) is 3.39. The van der Waals surface area contributed by atoms with Crippen LogP contribution in [0.4, 0.5) is 0 Å². The van der Waals surface area contributed by atoms with Gasteiger partial charge in [0.2, 0.25) is 5.91 Å². The molecule has 0 fully saturated rings. The molecule has 20 heavy (non-hydrogen) atoms. The van der Waals surface area contributed by atoms with Gasteiger partial charge in [0, 0.05) is 6.20 Å². The minimum absolute atomic E-state index is 0.0506. The fraction of sp³-hybridized carbons (Fsp3) is 0.538. The molecule has 0 spiro atoms. The van der Waals surface area contributed by atoms with Crippen molar-refractivity contribution in [3.63, 3.8) is 0 Å². The molecule has 0 saturated carbocycles. The summed E-state index contributed by atoms with van der Waals surface area (Å²) in [4.78, 5) is 15.4. The van der Waals surface area contributed by atoms with Crippen LogP contribution in [0.25, 0.3) is 0 Å². The highest BCUT2D eigenvalue weighted by Crippen LogP contribution is 2.33. The maximum Gasteiger partial charge on any atom is 0.224 e. The zero-order chi connectivity index (χ0) is 15.6. The van der Waals surface area contributed by atoms with E-state index >= 15 is 0 Å². The van der Waals surface area contributed by atoms with Crippen LogP contribution in [-0.2, 0) is 14.6 Å². The van der Waals surface area contributed by atoms with Gasteiger partial charge in [-0.15, -0.1) is 0 Å². The van der Waals surface area contributed by atoms with Crippen molar-refractivity contribution in [1.82, 2.24) is 4.98 Å². The lowest BCUT2D eigenvalue weighted by Crippen LogP contribution is -2.45. The zero-order valence-electron chi connectivity index (χ0n) is 11.8. The third kappa shape index (κ3) is 3.30. The van der Waals surface area contributed by atoms with Crippen molar-refractivity contribution >= 4 is 27.3 Å². The van der Waals surface area contributed by atoms with E-state index in [9.17, 15) is 13.2 Å². The monoisotopic (exact) mass is 318 g/mol. The van der Waals surface area contributed by atoms with Crippen LogP contribution in [0.2, 0.25) is 5.15 Å². The molecule has 1 atom stereocenters. The molecule has 0 aliphatic carbocycles. The molecule has 0 aromatic carbocycles. The molecule has 1 amide bonds. The van der Waals surface area contributed by atoms with E-state index in [4.69, 9.17) is 17.3 Å². The number of hydrogen-bond acceptors (Lipinski definition) is 4. The summed E-state index contributed by atoms with van der Waals surface area (Å²) in [5, 5.41) is -0.675. The number of nitrogens with two attached hydrogens (primary N) is 1. The highest BCUT2D eigenvalue weighted by atomic mass is 35.5. The van der Waals surface area contributed by atoms with Crippen molar-refractivity contribution in [2.45, 2.75) is 43.8 Å². The van der Waals surface area contributed by atoms with Crippen LogP contribution < -0.4 is 5.73 Å². The Labute approximate surface area is 124 Å². The molecule has 1 aromatic heterocycles. The van der Waals surface area contributed by atoms with E-state index in [-0.39, 0.29) is 10.0 Å².